The maximum absolute atomic E-state index is 14.2. The van der Waals surface area contributed by atoms with Crippen LogP contribution in [0.2, 0.25) is 0 Å². The van der Waals surface area contributed by atoms with Crippen LogP contribution in [0, 0.1) is 11.8 Å². The molecule has 3 aromatic rings. The number of hydrogen-bond donors (Lipinski definition) is 7. The number of aliphatic hydroxyl groups excluding tert-OH is 2. The normalized spacial score (nSPS) is 17.5. The Kier molecular flexibility index (Phi) is 17.1. The van der Waals surface area contributed by atoms with E-state index < -0.39 is 54.1 Å². The molecule has 0 saturated carbocycles. The summed E-state index contributed by atoms with van der Waals surface area (Å²) >= 11 is 1.69. The molecule has 1 aliphatic heterocycles. The summed E-state index contributed by atoms with van der Waals surface area (Å²) in [6.07, 6.45) is -0.726. The van der Waals surface area contributed by atoms with Gasteiger partial charge in [0, 0.05) is 24.1 Å². The number of fused-ring (bicyclic) bond motifs is 1. The first-order valence-electron chi connectivity index (χ1n) is 18.9. The first-order chi connectivity index (χ1) is 26.0. The van der Waals surface area contributed by atoms with E-state index in [1.165, 1.54) is 0 Å². The standard InChI is InChI=1S/C41H57N5O7S/c1-5-27(4)36(22-47)43-38(49)21-37(48)33(18-26(2)3)44-40(51)35(20-31-24-54-25-42-31)45-39(50)34(46-41(52)53-23-28-12-7-6-8-13-28)19-30-16-11-15-29-14-9-10-17-32(29)30/h6-17,26-27,31,33-37,42,47-48H,5,18-25H2,1-4H3,(H,43,49)(H,44,51)(H,45,50)(H,46,52)/t27-,31?,33-,34-,35-,36+,37-/m0/s1. The van der Waals surface area contributed by atoms with Gasteiger partial charge in [-0.1, -0.05) is 107 Å². The smallest absolute Gasteiger partial charge is 0.408 e. The zero-order chi connectivity index (χ0) is 39.0. The van der Waals surface area contributed by atoms with E-state index in [9.17, 15) is 29.4 Å². The van der Waals surface area contributed by atoms with Gasteiger partial charge in [0.15, 0.2) is 0 Å². The lowest BCUT2D eigenvalue weighted by molar-refractivity contribution is -0.131. The van der Waals surface area contributed by atoms with E-state index >= 15 is 0 Å². The van der Waals surface area contributed by atoms with Gasteiger partial charge in [-0.3, -0.25) is 14.4 Å². The molecule has 13 heteroatoms. The number of rotatable bonds is 20. The highest BCUT2D eigenvalue weighted by molar-refractivity contribution is 7.99. The summed E-state index contributed by atoms with van der Waals surface area (Å²) in [6.45, 7) is 7.60. The average Bonchev–Trinajstić information content (AvgIpc) is 3.68. The number of nitrogens with one attached hydrogen (secondary N) is 5. The van der Waals surface area contributed by atoms with Crippen molar-refractivity contribution in [3.8, 4) is 0 Å². The molecule has 0 bridgehead atoms. The van der Waals surface area contributed by atoms with Crippen molar-refractivity contribution in [1.82, 2.24) is 26.6 Å². The van der Waals surface area contributed by atoms with Crippen molar-refractivity contribution >= 4 is 46.3 Å². The molecular formula is C41H57N5O7S. The topological polar surface area (TPSA) is 178 Å². The van der Waals surface area contributed by atoms with E-state index in [1.807, 2.05) is 100 Å². The first kappa shape index (κ1) is 42.6. The molecule has 0 aliphatic carbocycles. The molecule has 4 amide bonds. The predicted octanol–water partition coefficient (Wildman–Crippen LogP) is 4.02. The van der Waals surface area contributed by atoms with Gasteiger partial charge in [0.25, 0.3) is 0 Å². The van der Waals surface area contributed by atoms with Crippen LogP contribution in [0.25, 0.3) is 10.8 Å². The molecule has 294 valence electrons. The fourth-order valence-electron chi connectivity index (χ4n) is 6.54. The van der Waals surface area contributed by atoms with E-state index in [1.54, 1.807) is 11.8 Å². The second-order valence-corrected chi connectivity index (χ2v) is 15.6. The number of hydrogen-bond acceptors (Lipinski definition) is 9. The third kappa shape index (κ3) is 13.3. The van der Waals surface area contributed by atoms with E-state index in [0.29, 0.717) is 12.3 Å². The predicted molar refractivity (Wildman–Crippen MR) is 212 cm³/mol. The van der Waals surface area contributed by atoms with Crippen LogP contribution in [0.1, 0.15) is 64.5 Å². The minimum atomic E-state index is -1.22. The van der Waals surface area contributed by atoms with Crippen molar-refractivity contribution in [3.63, 3.8) is 0 Å². The van der Waals surface area contributed by atoms with Crippen molar-refractivity contribution in [2.75, 3.05) is 18.2 Å². The quantitative estimate of drug-likeness (QED) is 0.0896. The van der Waals surface area contributed by atoms with Crippen molar-refractivity contribution < 1.29 is 34.1 Å². The van der Waals surface area contributed by atoms with Crippen LogP contribution in [0.5, 0.6) is 0 Å². The lowest BCUT2D eigenvalue weighted by Gasteiger charge is -2.30. The van der Waals surface area contributed by atoms with Gasteiger partial charge in [-0.25, -0.2) is 4.79 Å². The molecule has 3 aromatic carbocycles. The number of amides is 4. The average molecular weight is 764 g/mol. The number of benzene rings is 3. The molecule has 12 nitrogen and oxygen atoms in total. The molecule has 7 N–H and O–H groups in total. The van der Waals surface area contributed by atoms with Crippen LogP contribution >= 0.6 is 11.8 Å². The monoisotopic (exact) mass is 763 g/mol. The summed E-state index contributed by atoms with van der Waals surface area (Å²) in [5.74, 6) is 0.0588. The third-order valence-corrected chi connectivity index (χ3v) is 10.9. The molecule has 7 atom stereocenters. The van der Waals surface area contributed by atoms with E-state index in [4.69, 9.17) is 4.74 Å². The summed E-state index contributed by atoms with van der Waals surface area (Å²) in [7, 11) is 0. The number of ether oxygens (including phenoxy) is 1. The molecule has 4 rings (SSSR count). The zero-order valence-corrected chi connectivity index (χ0v) is 32.6. The summed E-state index contributed by atoms with van der Waals surface area (Å²) in [5.41, 5.74) is 1.63. The number of thioether (sulfide) groups is 1. The van der Waals surface area contributed by atoms with E-state index in [-0.39, 0.29) is 50.4 Å². The lowest BCUT2D eigenvalue weighted by Crippen LogP contribution is -2.58. The number of alkyl carbamates (subject to hydrolysis) is 1. The fourth-order valence-corrected chi connectivity index (χ4v) is 7.55. The van der Waals surface area contributed by atoms with Crippen LogP contribution < -0.4 is 26.6 Å². The first-order valence-corrected chi connectivity index (χ1v) is 20.1. The number of aliphatic hydroxyl groups is 2. The van der Waals surface area contributed by atoms with Crippen molar-refractivity contribution in [1.29, 1.82) is 0 Å². The van der Waals surface area contributed by atoms with Crippen LogP contribution in [-0.2, 0) is 32.1 Å². The highest BCUT2D eigenvalue weighted by Crippen LogP contribution is 2.21. The Hall–Kier alpha value is -4.17. The van der Waals surface area contributed by atoms with Crippen molar-refractivity contribution in [3.05, 3.63) is 83.9 Å². The van der Waals surface area contributed by atoms with E-state index in [2.05, 4.69) is 26.6 Å². The molecular weight excluding hydrogens is 707 g/mol. The minimum absolute atomic E-state index is 0.0151. The van der Waals surface area contributed by atoms with Crippen molar-refractivity contribution in [2.45, 2.75) is 103 Å². The van der Waals surface area contributed by atoms with Gasteiger partial charge in [0.05, 0.1) is 31.2 Å². The Morgan fingerprint density at radius 3 is 2.26 bits per heavy atom. The Morgan fingerprint density at radius 1 is 0.870 bits per heavy atom. The zero-order valence-electron chi connectivity index (χ0n) is 31.8. The third-order valence-electron chi connectivity index (χ3n) is 9.86. The highest BCUT2D eigenvalue weighted by atomic mass is 32.2. The van der Waals surface area contributed by atoms with Gasteiger partial charge < -0.3 is 41.5 Å². The molecule has 1 heterocycles. The molecule has 1 saturated heterocycles. The molecule has 0 spiro atoms. The van der Waals surface area contributed by atoms with Crippen LogP contribution in [0.3, 0.4) is 0 Å². The molecule has 0 aromatic heterocycles. The van der Waals surface area contributed by atoms with Crippen LogP contribution in [-0.4, -0.2) is 88.6 Å². The van der Waals surface area contributed by atoms with Crippen LogP contribution in [0.4, 0.5) is 4.79 Å². The van der Waals surface area contributed by atoms with Gasteiger partial charge in [0.1, 0.15) is 18.7 Å². The summed E-state index contributed by atoms with van der Waals surface area (Å²) in [5, 5.41) is 37.8. The minimum Gasteiger partial charge on any atom is -0.445 e. The fraction of sp³-hybridized carbons (Fsp3) is 0.512. The molecule has 1 fully saturated rings. The van der Waals surface area contributed by atoms with Gasteiger partial charge in [-0.15, -0.1) is 11.8 Å². The summed E-state index contributed by atoms with van der Waals surface area (Å²) in [6, 6.07) is 19.4. The Labute approximate surface area is 323 Å². The van der Waals surface area contributed by atoms with Crippen LogP contribution in [0.15, 0.2) is 72.8 Å². The largest absolute Gasteiger partial charge is 0.445 e. The maximum Gasteiger partial charge on any atom is 0.408 e. The number of carbonyl (C=O) groups is 4. The Balaban J connectivity index is 1.54. The number of carbonyl (C=O) groups excluding carboxylic acids is 4. The second-order valence-electron chi connectivity index (χ2n) is 14.6. The van der Waals surface area contributed by atoms with Gasteiger partial charge in [-0.2, -0.15) is 0 Å². The maximum atomic E-state index is 14.2. The summed E-state index contributed by atoms with van der Waals surface area (Å²) < 4.78 is 5.50. The molecule has 0 radical (unpaired) electrons. The van der Waals surface area contributed by atoms with E-state index in [0.717, 1.165) is 34.1 Å². The van der Waals surface area contributed by atoms with Gasteiger partial charge >= 0.3 is 6.09 Å². The molecule has 1 aliphatic rings. The SMILES string of the molecule is CC[C@H](C)[C@@H](CO)NC(=O)C[C@H](O)[C@H](CC(C)C)NC(=O)[C@H](CC1CSCN1)NC(=O)[C@H](Cc1cccc2ccccc12)NC(=O)OCc1ccccc1. The molecule has 54 heavy (non-hydrogen) atoms. The summed E-state index contributed by atoms with van der Waals surface area (Å²) in [4.78, 5) is 54.4. The van der Waals surface area contributed by atoms with Gasteiger partial charge in [-0.05, 0) is 46.6 Å². The Morgan fingerprint density at radius 2 is 1.57 bits per heavy atom. The second kappa shape index (κ2) is 21.7. The lowest BCUT2D eigenvalue weighted by atomic mass is 9.95. The van der Waals surface area contributed by atoms with Gasteiger partial charge in [0.2, 0.25) is 17.7 Å². The highest BCUT2D eigenvalue weighted by Gasteiger charge is 2.34. The molecule has 1 unspecified atom stereocenters. The van der Waals surface area contributed by atoms with Crippen molar-refractivity contribution in [2.24, 2.45) is 11.8 Å². The Bertz CT molecular complexity index is 1650.